The highest BCUT2D eigenvalue weighted by molar-refractivity contribution is 5.79. The third-order valence-corrected chi connectivity index (χ3v) is 17.6. The fourth-order valence-corrected chi connectivity index (χ4v) is 11.4. The molecule has 2 rings (SSSR count). The Kier molecular flexibility index (Phi) is 55.1. The van der Waals surface area contributed by atoms with Gasteiger partial charge in [0.1, 0.15) is 60.4 Å². The first kappa shape index (κ1) is 100. The SMILES string of the molecule is CCCCCCCCCCC(=O)NC(COCCC(=O)NCCCNC(=O)CCCCOC(OC(CO)C(C)O)C(O)NC(C)=O)(COCCC(=O)NCCCNC(=O)CCCCOC1OC(CO)C(O)C(O)C1NC(C)=O)COCCC(=O)NCCCNC(=O)CCCCOC1OC(CO)C(O)C(O)C1NC(C)=O. The van der Waals surface area contributed by atoms with E-state index in [0.717, 1.165) is 44.9 Å². The van der Waals surface area contributed by atoms with Crippen molar-refractivity contribution in [1.29, 1.82) is 0 Å². The highest BCUT2D eigenvalue weighted by atomic mass is 16.7. The van der Waals surface area contributed by atoms with Gasteiger partial charge in [0.25, 0.3) is 0 Å². The number of nitrogens with one attached hydrogen (secondary N) is 10. The lowest BCUT2D eigenvalue weighted by molar-refractivity contribution is -0.270. The van der Waals surface area contributed by atoms with Crippen LogP contribution in [0, 0.1) is 0 Å². The van der Waals surface area contributed by atoms with Crippen molar-refractivity contribution in [2.24, 2.45) is 0 Å². The average molecular weight is 1590 g/mol. The van der Waals surface area contributed by atoms with E-state index in [9.17, 15) is 93.9 Å². The van der Waals surface area contributed by atoms with Crippen LogP contribution in [0.4, 0.5) is 0 Å². The van der Waals surface area contributed by atoms with Crippen LogP contribution in [0.15, 0.2) is 0 Å². The van der Waals surface area contributed by atoms with Gasteiger partial charge in [-0.3, -0.25) is 47.9 Å². The van der Waals surface area contributed by atoms with Gasteiger partial charge in [-0.1, -0.05) is 51.9 Å². The number of aliphatic hydroxyl groups is 9. The quantitative estimate of drug-likeness (QED) is 0.0207. The third-order valence-electron chi connectivity index (χ3n) is 17.6. The molecule has 14 atom stereocenters. The van der Waals surface area contributed by atoms with Crippen LogP contribution in [-0.4, -0.2) is 315 Å². The van der Waals surface area contributed by atoms with Crippen molar-refractivity contribution in [3.05, 3.63) is 0 Å². The predicted molar refractivity (Wildman–Crippen MR) is 394 cm³/mol. The van der Waals surface area contributed by atoms with Crippen LogP contribution in [-0.2, 0) is 90.6 Å². The van der Waals surface area contributed by atoms with Gasteiger partial charge in [-0.25, -0.2) is 0 Å². The van der Waals surface area contributed by atoms with Gasteiger partial charge in [0.05, 0.1) is 65.6 Å². The maximum Gasteiger partial charge on any atom is 0.222 e. The van der Waals surface area contributed by atoms with Crippen molar-refractivity contribution in [3.8, 4) is 0 Å². The molecule has 0 radical (unpaired) electrons. The summed E-state index contributed by atoms with van der Waals surface area (Å²) in [6.45, 7) is 6.10. The molecule has 2 aliphatic rings. The zero-order chi connectivity index (χ0) is 81.5. The summed E-state index contributed by atoms with van der Waals surface area (Å²) in [5.74, 6) is -3.67. The Morgan fingerprint density at radius 2 is 0.764 bits per heavy atom. The minimum absolute atomic E-state index is 0.0143. The maximum atomic E-state index is 13.8. The summed E-state index contributed by atoms with van der Waals surface area (Å²) in [6, 6.07) is -2.18. The Balaban J connectivity index is 2.00. The Hall–Kier alpha value is -6.02. The first-order chi connectivity index (χ1) is 52.7. The maximum absolute atomic E-state index is 13.8. The molecule has 19 N–H and O–H groups in total. The number of unbranched alkanes of at least 4 members (excludes halogenated alkanes) is 10. The van der Waals surface area contributed by atoms with Crippen molar-refractivity contribution in [1.82, 2.24) is 53.2 Å². The minimum atomic E-state index is -1.59. The molecule has 0 spiro atoms. The molecule has 0 saturated carbocycles. The number of rotatable bonds is 65. The minimum Gasteiger partial charge on any atom is -0.394 e. The van der Waals surface area contributed by atoms with Crippen molar-refractivity contribution in [2.75, 3.05) is 119 Å². The van der Waals surface area contributed by atoms with Crippen LogP contribution in [0.3, 0.4) is 0 Å². The number of aliphatic hydroxyl groups excluding tert-OH is 9. The lowest BCUT2D eigenvalue weighted by atomic mass is 9.97. The van der Waals surface area contributed by atoms with Gasteiger partial charge >= 0.3 is 0 Å². The van der Waals surface area contributed by atoms with Gasteiger partial charge in [-0.15, -0.1) is 0 Å². The fraction of sp³-hybridized carbons (Fsp3) is 0.861. The van der Waals surface area contributed by atoms with E-state index in [-0.39, 0.29) is 185 Å². The zero-order valence-corrected chi connectivity index (χ0v) is 65.1. The predicted octanol–water partition coefficient (Wildman–Crippen LogP) is -3.55. The molecule has 110 heavy (non-hydrogen) atoms. The molecule has 38 heteroatoms. The van der Waals surface area contributed by atoms with Gasteiger partial charge in [0.15, 0.2) is 18.8 Å². The van der Waals surface area contributed by atoms with E-state index in [1.165, 1.54) is 27.7 Å². The largest absolute Gasteiger partial charge is 0.394 e. The number of carbonyl (C=O) groups is 10. The second kappa shape index (κ2) is 60.6. The molecular formula is C72H132N10O28. The first-order valence-electron chi connectivity index (χ1n) is 38.9. The second-order valence-corrected chi connectivity index (χ2v) is 27.6. The van der Waals surface area contributed by atoms with Crippen molar-refractivity contribution >= 4 is 59.1 Å². The first-order valence-corrected chi connectivity index (χ1v) is 38.9. The molecule has 638 valence electrons. The van der Waals surface area contributed by atoms with Crippen LogP contribution >= 0.6 is 0 Å². The smallest absolute Gasteiger partial charge is 0.222 e. The van der Waals surface area contributed by atoms with E-state index in [1.54, 1.807) is 0 Å². The van der Waals surface area contributed by atoms with E-state index in [1.807, 2.05) is 0 Å². The summed E-state index contributed by atoms with van der Waals surface area (Å²) >= 11 is 0. The number of hydrogen-bond donors (Lipinski definition) is 19. The Bertz CT molecular complexity index is 2490. The van der Waals surface area contributed by atoms with E-state index in [2.05, 4.69) is 60.1 Å². The highest BCUT2D eigenvalue weighted by Gasteiger charge is 2.47. The molecule has 0 aromatic rings. The summed E-state index contributed by atoms with van der Waals surface area (Å²) in [6.07, 6.45) is -3.70. The monoisotopic (exact) mass is 1580 g/mol. The number of carbonyl (C=O) groups excluding carboxylic acids is 10. The Morgan fingerprint density at radius 3 is 1.11 bits per heavy atom. The lowest BCUT2D eigenvalue weighted by Crippen LogP contribution is -2.64. The molecule has 2 fully saturated rings. The number of hydrogen-bond acceptors (Lipinski definition) is 28. The molecule has 10 amide bonds. The molecule has 2 aliphatic heterocycles. The van der Waals surface area contributed by atoms with Crippen molar-refractivity contribution in [2.45, 2.75) is 280 Å². The summed E-state index contributed by atoms with van der Waals surface area (Å²) in [5.41, 5.74) is -1.38. The van der Waals surface area contributed by atoms with Crippen LogP contribution < -0.4 is 53.2 Å². The van der Waals surface area contributed by atoms with Gasteiger partial charge in [0, 0.05) is 125 Å². The van der Waals surface area contributed by atoms with E-state index >= 15 is 0 Å². The van der Waals surface area contributed by atoms with Crippen LogP contribution in [0.1, 0.15) is 189 Å². The molecule has 0 bridgehead atoms. The normalized spacial score (nSPS) is 21.4. The highest BCUT2D eigenvalue weighted by Crippen LogP contribution is 2.25. The molecule has 2 heterocycles. The molecule has 2 saturated heterocycles. The summed E-state index contributed by atoms with van der Waals surface area (Å²) in [7, 11) is 0. The number of amides is 10. The topological polar surface area (TPSA) is 556 Å². The molecule has 38 nitrogen and oxygen atoms in total. The summed E-state index contributed by atoms with van der Waals surface area (Å²) in [4.78, 5) is 126. The van der Waals surface area contributed by atoms with E-state index in [4.69, 9.17) is 42.6 Å². The average Bonchev–Trinajstić information content (AvgIpc) is 0.817. The van der Waals surface area contributed by atoms with Gasteiger partial charge in [-0.05, 0) is 71.1 Å². The van der Waals surface area contributed by atoms with Crippen LogP contribution in [0.2, 0.25) is 0 Å². The second-order valence-electron chi connectivity index (χ2n) is 27.6. The summed E-state index contributed by atoms with van der Waals surface area (Å²) in [5, 5.41) is 117. The van der Waals surface area contributed by atoms with Crippen LogP contribution in [0.25, 0.3) is 0 Å². The standard InChI is InChI=1S/C72H132N10O28/c1-6-7-8-9-10-11-12-13-26-61(96)82-72(47-104-41-29-60(95)78-35-22-32-75-57(92)25-16-19-38-107-71(68(101)81-51(5)89)108-52(42-83)48(2)86,45-102-39-27-58(93)76-33-20-30-73-55(90)23-14-17-36-105-69-62(79-49(3)87)66(99)64(97)53(43-84)109-69)46-103-40-28-59(94)77-34-21-31-74-56(91)24-15-18-37-106-70-63(80-50(4)88)67(100)65(98)54(44-85)110-70/h48,52-54,62-71,83-86,97-101H,6-47H2,1-5H3,(H,73,90)(H,74,91)(H,75,92)(H,76,93)(H,77,94)(H,78,95)(H,79,87)(H,80,88)(H,81,89)(H,82,96). The molecular weight excluding hydrogens is 1450 g/mol. The van der Waals surface area contributed by atoms with Gasteiger partial charge in [0.2, 0.25) is 65.4 Å². The van der Waals surface area contributed by atoms with E-state index in [0.29, 0.717) is 64.2 Å². The van der Waals surface area contributed by atoms with E-state index < -0.39 is 129 Å². The molecule has 14 unspecified atom stereocenters. The Morgan fingerprint density at radius 1 is 0.418 bits per heavy atom. The van der Waals surface area contributed by atoms with Gasteiger partial charge in [-0.2, -0.15) is 0 Å². The molecule has 0 aromatic heterocycles. The fourth-order valence-electron chi connectivity index (χ4n) is 11.4. The Labute approximate surface area is 645 Å². The zero-order valence-electron chi connectivity index (χ0n) is 65.1. The van der Waals surface area contributed by atoms with Crippen LogP contribution in [0.5, 0.6) is 0 Å². The lowest BCUT2D eigenvalue weighted by Gasteiger charge is -2.42. The van der Waals surface area contributed by atoms with Gasteiger partial charge < -0.3 is 142 Å². The van der Waals surface area contributed by atoms with Crippen molar-refractivity contribution < 1.29 is 137 Å². The number of ether oxygens (including phenoxy) is 9. The summed E-state index contributed by atoms with van der Waals surface area (Å²) < 4.78 is 51.8. The molecule has 0 aromatic carbocycles. The molecule has 0 aliphatic carbocycles. The van der Waals surface area contributed by atoms with Crippen molar-refractivity contribution in [3.63, 3.8) is 0 Å². The third kappa shape index (κ3) is 45.6.